The molecule has 3 heterocycles. The zero-order chi connectivity index (χ0) is 21.8. The summed E-state index contributed by atoms with van der Waals surface area (Å²) < 4.78 is 0. The molecule has 1 atom stereocenters. The number of aromatic nitrogens is 2. The largest absolute Gasteiger partial charge is 0.342 e. The van der Waals surface area contributed by atoms with Crippen molar-refractivity contribution in [2.75, 3.05) is 26.2 Å². The van der Waals surface area contributed by atoms with E-state index in [4.69, 9.17) is 9.97 Å². The molecule has 1 amide bonds. The number of rotatable bonds is 5. The number of piperidine rings is 2. The van der Waals surface area contributed by atoms with Crippen molar-refractivity contribution in [2.24, 2.45) is 0 Å². The first-order valence-electron chi connectivity index (χ1n) is 11.9. The summed E-state index contributed by atoms with van der Waals surface area (Å²) in [6.45, 7) is 11.2. The van der Waals surface area contributed by atoms with Gasteiger partial charge in [0.2, 0.25) is 5.91 Å². The molecular formula is C26H36N4O. The lowest BCUT2D eigenvalue weighted by molar-refractivity contribution is -0.131. The number of carbonyl (C=O) groups excluding carboxylic acids is 1. The molecule has 0 saturated carbocycles. The van der Waals surface area contributed by atoms with E-state index in [0.717, 1.165) is 74.8 Å². The number of aryl methyl sites for hydroxylation is 3. The number of hydrogen-bond donors (Lipinski definition) is 0. The molecular weight excluding hydrogens is 384 g/mol. The van der Waals surface area contributed by atoms with Gasteiger partial charge in [-0.25, -0.2) is 9.97 Å². The molecule has 1 aromatic carbocycles. The number of likely N-dealkylation sites (tertiary alicyclic amines) is 2. The normalized spacial score (nSPS) is 20.1. The summed E-state index contributed by atoms with van der Waals surface area (Å²) >= 11 is 0. The Bertz CT molecular complexity index is 896. The van der Waals surface area contributed by atoms with Crippen molar-refractivity contribution in [3.05, 3.63) is 58.2 Å². The van der Waals surface area contributed by atoms with Crippen LogP contribution >= 0.6 is 0 Å². The summed E-state index contributed by atoms with van der Waals surface area (Å²) in [4.78, 5) is 27.1. The Balaban J connectivity index is 1.44. The van der Waals surface area contributed by atoms with Gasteiger partial charge in [-0.1, -0.05) is 24.3 Å². The van der Waals surface area contributed by atoms with Crippen LogP contribution in [0.1, 0.15) is 71.9 Å². The van der Waals surface area contributed by atoms with Crippen LogP contribution < -0.4 is 0 Å². The maximum absolute atomic E-state index is 12.8. The van der Waals surface area contributed by atoms with Crippen LogP contribution in [-0.2, 0) is 17.8 Å². The van der Waals surface area contributed by atoms with Gasteiger partial charge in [0.05, 0.1) is 6.42 Å². The second-order valence-electron chi connectivity index (χ2n) is 9.35. The predicted octanol–water partition coefficient (Wildman–Crippen LogP) is 4.34. The molecule has 0 unspecified atom stereocenters. The summed E-state index contributed by atoms with van der Waals surface area (Å²) in [5.74, 6) is 1.55. The molecule has 4 rings (SSSR count). The lowest BCUT2D eigenvalue weighted by Gasteiger charge is -2.32. The van der Waals surface area contributed by atoms with E-state index < -0.39 is 0 Å². The third-order valence-electron chi connectivity index (χ3n) is 7.00. The first-order chi connectivity index (χ1) is 15.0. The molecule has 5 nitrogen and oxygen atoms in total. The van der Waals surface area contributed by atoms with Gasteiger partial charge in [0, 0.05) is 49.0 Å². The fraction of sp³-hybridized carbons (Fsp3) is 0.577. The van der Waals surface area contributed by atoms with Crippen molar-refractivity contribution >= 4 is 5.91 Å². The van der Waals surface area contributed by atoms with Crippen LogP contribution in [0.3, 0.4) is 0 Å². The van der Waals surface area contributed by atoms with E-state index in [1.54, 1.807) is 0 Å². The second kappa shape index (κ2) is 9.90. The molecule has 2 aromatic rings. The second-order valence-corrected chi connectivity index (χ2v) is 9.35. The minimum atomic E-state index is 0.226. The summed E-state index contributed by atoms with van der Waals surface area (Å²) in [6, 6.07) is 8.66. The summed E-state index contributed by atoms with van der Waals surface area (Å²) in [5.41, 5.74) is 5.73. The molecule has 2 saturated heterocycles. The van der Waals surface area contributed by atoms with E-state index in [-0.39, 0.29) is 5.91 Å². The van der Waals surface area contributed by atoms with Crippen molar-refractivity contribution < 1.29 is 4.79 Å². The highest BCUT2D eigenvalue weighted by Gasteiger charge is 2.26. The van der Waals surface area contributed by atoms with Crippen LogP contribution in [0, 0.1) is 20.8 Å². The van der Waals surface area contributed by atoms with Crippen LogP contribution in [0.5, 0.6) is 0 Å². The van der Waals surface area contributed by atoms with Crippen LogP contribution in [0.2, 0.25) is 0 Å². The van der Waals surface area contributed by atoms with Crippen LogP contribution in [0.4, 0.5) is 0 Å². The van der Waals surface area contributed by atoms with Crippen LogP contribution in [-0.4, -0.2) is 51.9 Å². The number of amides is 1. The Morgan fingerprint density at radius 3 is 2.39 bits per heavy atom. The van der Waals surface area contributed by atoms with Gasteiger partial charge < -0.3 is 4.90 Å². The monoisotopic (exact) mass is 420 g/mol. The Morgan fingerprint density at radius 1 is 0.968 bits per heavy atom. The van der Waals surface area contributed by atoms with Gasteiger partial charge >= 0.3 is 0 Å². The van der Waals surface area contributed by atoms with Gasteiger partial charge in [0.25, 0.3) is 0 Å². The first kappa shape index (κ1) is 21.9. The zero-order valence-corrected chi connectivity index (χ0v) is 19.4. The zero-order valence-electron chi connectivity index (χ0n) is 19.4. The molecule has 2 aliphatic heterocycles. The quantitative estimate of drug-likeness (QED) is 0.722. The highest BCUT2D eigenvalue weighted by atomic mass is 16.2. The molecule has 0 spiro atoms. The summed E-state index contributed by atoms with van der Waals surface area (Å²) in [6.07, 6.45) is 6.23. The van der Waals surface area contributed by atoms with Crippen LogP contribution in [0.15, 0.2) is 24.3 Å². The topological polar surface area (TPSA) is 49.3 Å². The lowest BCUT2D eigenvalue weighted by atomic mass is 9.95. The molecule has 31 heavy (non-hydrogen) atoms. The maximum atomic E-state index is 12.8. The predicted molar refractivity (Wildman–Crippen MR) is 124 cm³/mol. The van der Waals surface area contributed by atoms with E-state index in [1.165, 1.54) is 24.0 Å². The van der Waals surface area contributed by atoms with Gasteiger partial charge in [0.1, 0.15) is 5.82 Å². The van der Waals surface area contributed by atoms with Gasteiger partial charge in [-0.3, -0.25) is 9.69 Å². The van der Waals surface area contributed by atoms with Gasteiger partial charge in [-0.05, 0) is 70.5 Å². The molecule has 0 aliphatic carbocycles. The van der Waals surface area contributed by atoms with E-state index >= 15 is 0 Å². The van der Waals surface area contributed by atoms with E-state index in [9.17, 15) is 4.79 Å². The minimum absolute atomic E-state index is 0.226. The third kappa shape index (κ3) is 5.32. The third-order valence-corrected chi connectivity index (χ3v) is 7.00. The number of nitrogens with zero attached hydrogens (tertiary/aromatic N) is 4. The Kier molecular flexibility index (Phi) is 7.01. The number of hydrogen-bond acceptors (Lipinski definition) is 4. The Hall–Kier alpha value is -2.27. The molecule has 0 radical (unpaired) electrons. The van der Waals surface area contributed by atoms with Crippen molar-refractivity contribution in [1.82, 2.24) is 19.8 Å². The molecule has 2 fully saturated rings. The highest BCUT2D eigenvalue weighted by Crippen LogP contribution is 2.27. The standard InChI is InChI=1S/C26H36N4O/c1-19-10-5-6-11-22(19)17-29-13-9-12-23(18-29)26-27-20(2)24(21(3)28-26)16-25(31)30-14-7-4-8-15-30/h5-6,10-11,23H,4,7-9,12-18H2,1-3H3/t23-/m0/s1. The Morgan fingerprint density at radius 2 is 1.68 bits per heavy atom. The van der Waals surface area contributed by atoms with Gasteiger partial charge in [0.15, 0.2) is 0 Å². The van der Waals surface area contributed by atoms with E-state index in [2.05, 4.69) is 36.1 Å². The Labute approximate surface area is 186 Å². The molecule has 1 aromatic heterocycles. The van der Waals surface area contributed by atoms with Crippen LogP contribution in [0.25, 0.3) is 0 Å². The SMILES string of the molecule is Cc1ccccc1CN1CCC[C@H](c2nc(C)c(CC(=O)N3CCCCC3)c(C)n2)C1. The number of benzene rings is 1. The first-order valence-corrected chi connectivity index (χ1v) is 11.9. The van der Waals surface area contributed by atoms with Crippen molar-refractivity contribution in [3.63, 3.8) is 0 Å². The highest BCUT2D eigenvalue weighted by molar-refractivity contribution is 5.79. The molecule has 5 heteroatoms. The van der Waals surface area contributed by atoms with Gasteiger partial charge in [-0.2, -0.15) is 0 Å². The number of carbonyl (C=O) groups is 1. The average molecular weight is 421 g/mol. The fourth-order valence-electron chi connectivity index (χ4n) is 5.05. The summed E-state index contributed by atoms with van der Waals surface area (Å²) in [5, 5.41) is 0. The maximum Gasteiger partial charge on any atom is 0.227 e. The van der Waals surface area contributed by atoms with Crippen molar-refractivity contribution in [3.8, 4) is 0 Å². The van der Waals surface area contributed by atoms with E-state index in [1.807, 2.05) is 18.7 Å². The minimum Gasteiger partial charge on any atom is -0.342 e. The average Bonchev–Trinajstić information content (AvgIpc) is 2.78. The molecule has 0 bridgehead atoms. The summed E-state index contributed by atoms with van der Waals surface area (Å²) in [7, 11) is 0. The van der Waals surface area contributed by atoms with Gasteiger partial charge in [-0.15, -0.1) is 0 Å². The smallest absolute Gasteiger partial charge is 0.227 e. The molecule has 0 N–H and O–H groups in total. The van der Waals surface area contributed by atoms with Crippen molar-refractivity contribution in [2.45, 2.75) is 71.8 Å². The lowest BCUT2D eigenvalue weighted by Crippen LogP contribution is -2.37. The van der Waals surface area contributed by atoms with Crippen molar-refractivity contribution in [1.29, 1.82) is 0 Å². The molecule has 2 aliphatic rings. The fourth-order valence-corrected chi connectivity index (χ4v) is 5.05. The van der Waals surface area contributed by atoms with E-state index in [0.29, 0.717) is 12.3 Å². The molecule has 166 valence electrons.